The number of rotatable bonds is 2. The van der Waals surface area contributed by atoms with Crippen LogP contribution in [-0.2, 0) is 5.33 Å². The summed E-state index contributed by atoms with van der Waals surface area (Å²) in [5.41, 5.74) is 1.17. The molecule has 0 aliphatic rings. The fraction of sp³-hybridized carbons (Fsp3) is 0.200. The summed E-state index contributed by atoms with van der Waals surface area (Å²) in [6, 6.07) is 3.39. The molecule has 74 valence electrons. The molecule has 0 radical (unpaired) electrons. The van der Waals surface area contributed by atoms with Crippen LogP contribution in [0.3, 0.4) is 0 Å². The predicted octanol–water partition coefficient (Wildman–Crippen LogP) is 4.66. The number of thiophene rings is 1. The standard InChI is InChI=1S/C10H8BrFS2/c1-13-8-3-2-7(12)10-9(8)6(4-11)5-14-10/h2-3,5H,4H2,1H3. The molecule has 2 rings (SSSR count). The molecule has 0 saturated heterocycles. The molecule has 0 unspecified atom stereocenters. The summed E-state index contributed by atoms with van der Waals surface area (Å²) in [4.78, 5) is 1.15. The third kappa shape index (κ3) is 1.59. The highest BCUT2D eigenvalue weighted by Gasteiger charge is 2.11. The molecule has 0 nitrogen and oxygen atoms in total. The van der Waals surface area contributed by atoms with Crippen LogP contribution in [0.4, 0.5) is 4.39 Å². The van der Waals surface area contributed by atoms with E-state index in [4.69, 9.17) is 0 Å². The van der Waals surface area contributed by atoms with Gasteiger partial charge in [0.2, 0.25) is 0 Å². The Kier molecular flexibility index (Phi) is 3.14. The first kappa shape index (κ1) is 10.5. The van der Waals surface area contributed by atoms with Crippen molar-refractivity contribution < 1.29 is 4.39 Å². The van der Waals surface area contributed by atoms with Crippen LogP contribution in [0.2, 0.25) is 0 Å². The number of alkyl halides is 1. The molecule has 0 aliphatic heterocycles. The van der Waals surface area contributed by atoms with Crippen molar-refractivity contribution in [3.05, 3.63) is 28.9 Å². The molecule has 2 aromatic rings. The molecule has 0 bridgehead atoms. The summed E-state index contributed by atoms with van der Waals surface area (Å²) >= 11 is 6.56. The Bertz CT molecular complexity index is 464. The molecule has 0 fully saturated rings. The van der Waals surface area contributed by atoms with Gasteiger partial charge in [0.15, 0.2) is 0 Å². The van der Waals surface area contributed by atoms with E-state index in [1.165, 1.54) is 16.9 Å². The first-order valence-corrected chi connectivity index (χ1v) is 7.29. The molecule has 0 aliphatic carbocycles. The van der Waals surface area contributed by atoms with Crippen LogP contribution in [-0.4, -0.2) is 6.26 Å². The van der Waals surface area contributed by atoms with Gasteiger partial charge in [0.1, 0.15) is 5.82 Å². The van der Waals surface area contributed by atoms with Crippen molar-refractivity contribution in [1.29, 1.82) is 0 Å². The predicted molar refractivity (Wildman–Crippen MR) is 66.2 cm³/mol. The summed E-state index contributed by atoms with van der Waals surface area (Å²) in [5, 5.41) is 3.87. The second-order valence-electron chi connectivity index (χ2n) is 2.85. The second kappa shape index (κ2) is 4.21. The fourth-order valence-electron chi connectivity index (χ4n) is 1.42. The van der Waals surface area contributed by atoms with Gasteiger partial charge in [-0.25, -0.2) is 4.39 Å². The van der Waals surface area contributed by atoms with Gasteiger partial charge in [0, 0.05) is 15.6 Å². The minimum Gasteiger partial charge on any atom is -0.205 e. The Morgan fingerprint density at radius 1 is 1.50 bits per heavy atom. The Labute approximate surface area is 98.6 Å². The smallest absolute Gasteiger partial charge is 0.141 e. The summed E-state index contributed by atoms with van der Waals surface area (Å²) in [6.07, 6.45) is 2.02. The summed E-state index contributed by atoms with van der Waals surface area (Å²) < 4.78 is 14.2. The number of thioether (sulfide) groups is 1. The van der Waals surface area contributed by atoms with E-state index in [9.17, 15) is 4.39 Å². The van der Waals surface area contributed by atoms with Crippen LogP contribution in [0.1, 0.15) is 5.56 Å². The first-order valence-electron chi connectivity index (χ1n) is 4.06. The number of fused-ring (bicyclic) bond motifs is 1. The highest BCUT2D eigenvalue weighted by Crippen LogP contribution is 2.36. The van der Waals surface area contributed by atoms with Gasteiger partial charge in [-0.15, -0.1) is 23.1 Å². The van der Waals surface area contributed by atoms with E-state index in [0.29, 0.717) is 0 Å². The topological polar surface area (TPSA) is 0 Å². The monoisotopic (exact) mass is 290 g/mol. The molecule has 14 heavy (non-hydrogen) atoms. The molecule has 0 amide bonds. The normalized spacial score (nSPS) is 11.1. The van der Waals surface area contributed by atoms with Crippen LogP contribution in [0.25, 0.3) is 10.1 Å². The quantitative estimate of drug-likeness (QED) is 0.573. The fourth-order valence-corrected chi connectivity index (χ4v) is 3.78. The summed E-state index contributed by atoms with van der Waals surface area (Å²) in [7, 11) is 0. The van der Waals surface area contributed by atoms with Crippen molar-refractivity contribution in [3.8, 4) is 0 Å². The lowest BCUT2D eigenvalue weighted by atomic mass is 10.2. The summed E-state index contributed by atoms with van der Waals surface area (Å²) in [6.45, 7) is 0. The Hall–Kier alpha value is -0.0600. The molecule has 4 heteroatoms. The van der Waals surface area contributed by atoms with Crippen LogP contribution < -0.4 is 0 Å². The lowest BCUT2D eigenvalue weighted by Gasteiger charge is -2.01. The van der Waals surface area contributed by atoms with Gasteiger partial charge < -0.3 is 0 Å². The third-order valence-corrected chi connectivity index (χ3v) is 4.50. The van der Waals surface area contributed by atoms with Crippen molar-refractivity contribution in [2.45, 2.75) is 10.2 Å². The SMILES string of the molecule is CSc1ccc(F)c2scc(CBr)c12. The zero-order valence-electron chi connectivity index (χ0n) is 7.51. The maximum atomic E-state index is 13.4. The number of halogens is 2. The second-order valence-corrected chi connectivity index (χ2v) is 5.14. The Morgan fingerprint density at radius 2 is 2.29 bits per heavy atom. The Morgan fingerprint density at radius 3 is 2.93 bits per heavy atom. The first-order chi connectivity index (χ1) is 6.77. The number of benzene rings is 1. The molecule has 0 atom stereocenters. The van der Waals surface area contributed by atoms with E-state index in [-0.39, 0.29) is 5.82 Å². The van der Waals surface area contributed by atoms with E-state index in [1.54, 1.807) is 17.8 Å². The molecule has 0 N–H and O–H groups in total. The van der Waals surface area contributed by atoms with E-state index in [1.807, 2.05) is 17.7 Å². The van der Waals surface area contributed by atoms with E-state index >= 15 is 0 Å². The molecular weight excluding hydrogens is 283 g/mol. The largest absolute Gasteiger partial charge is 0.205 e. The molecular formula is C10H8BrFS2. The molecule has 1 aromatic carbocycles. The van der Waals surface area contributed by atoms with E-state index in [2.05, 4.69) is 15.9 Å². The average Bonchev–Trinajstić information content (AvgIpc) is 2.63. The summed E-state index contributed by atoms with van der Waals surface area (Å²) in [5.74, 6) is -0.116. The van der Waals surface area contributed by atoms with Gasteiger partial charge in [-0.05, 0) is 29.3 Å². The van der Waals surface area contributed by atoms with Crippen molar-refractivity contribution in [2.75, 3.05) is 6.26 Å². The highest BCUT2D eigenvalue weighted by molar-refractivity contribution is 9.08. The molecule has 1 heterocycles. The lowest BCUT2D eigenvalue weighted by molar-refractivity contribution is 0.641. The lowest BCUT2D eigenvalue weighted by Crippen LogP contribution is -1.80. The molecule has 0 spiro atoms. The van der Waals surface area contributed by atoms with Crippen molar-refractivity contribution in [1.82, 2.24) is 0 Å². The highest BCUT2D eigenvalue weighted by atomic mass is 79.9. The minimum absolute atomic E-state index is 0.116. The van der Waals surface area contributed by atoms with Crippen molar-refractivity contribution in [3.63, 3.8) is 0 Å². The average molecular weight is 291 g/mol. The maximum absolute atomic E-state index is 13.4. The van der Waals surface area contributed by atoms with E-state index < -0.39 is 0 Å². The van der Waals surface area contributed by atoms with E-state index in [0.717, 1.165) is 20.3 Å². The van der Waals surface area contributed by atoms with Gasteiger partial charge in [-0.1, -0.05) is 15.9 Å². The molecule has 1 aromatic heterocycles. The zero-order chi connectivity index (χ0) is 10.1. The number of hydrogen-bond donors (Lipinski definition) is 0. The zero-order valence-corrected chi connectivity index (χ0v) is 10.7. The number of hydrogen-bond acceptors (Lipinski definition) is 2. The van der Waals surface area contributed by atoms with Crippen molar-refractivity contribution in [2.24, 2.45) is 0 Å². The third-order valence-electron chi connectivity index (χ3n) is 2.08. The van der Waals surface area contributed by atoms with Gasteiger partial charge in [0.05, 0.1) is 4.70 Å². The maximum Gasteiger partial charge on any atom is 0.141 e. The van der Waals surface area contributed by atoms with Crippen LogP contribution in [0.15, 0.2) is 22.4 Å². The minimum atomic E-state index is -0.116. The van der Waals surface area contributed by atoms with Gasteiger partial charge in [-0.2, -0.15) is 0 Å². The molecule has 0 saturated carbocycles. The van der Waals surface area contributed by atoms with Gasteiger partial charge in [0.25, 0.3) is 0 Å². The van der Waals surface area contributed by atoms with Crippen LogP contribution >= 0.6 is 39.0 Å². The Balaban J connectivity index is 2.82. The van der Waals surface area contributed by atoms with Crippen LogP contribution in [0, 0.1) is 5.82 Å². The van der Waals surface area contributed by atoms with Crippen LogP contribution in [0.5, 0.6) is 0 Å². The van der Waals surface area contributed by atoms with Gasteiger partial charge in [-0.3, -0.25) is 0 Å². The van der Waals surface area contributed by atoms with Crippen molar-refractivity contribution >= 4 is 49.1 Å². The van der Waals surface area contributed by atoms with Gasteiger partial charge >= 0.3 is 0 Å².